The van der Waals surface area contributed by atoms with Gasteiger partial charge in [-0.1, -0.05) is 6.07 Å². The molecule has 0 saturated heterocycles. The van der Waals surface area contributed by atoms with Crippen molar-refractivity contribution in [2.24, 2.45) is 0 Å². The van der Waals surface area contributed by atoms with E-state index in [-0.39, 0.29) is 17.5 Å². The van der Waals surface area contributed by atoms with Crippen molar-refractivity contribution >= 4 is 11.6 Å². The Hall–Kier alpha value is -2.36. The lowest BCUT2D eigenvalue weighted by Crippen LogP contribution is -2.13. The summed E-state index contributed by atoms with van der Waals surface area (Å²) in [5.74, 6) is -0.636. The normalized spacial score (nSPS) is 10.1. The molecular weight excluding hydrogens is 233 g/mol. The van der Waals surface area contributed by atoms with Crippen LogP contribution >= 0.6 is 0 Å². The monoisotopic (exact) mass is 245 g/mol. The number of hydrogen-bond donors (Lipinski definition) is 2. The largest absolute Gasteiger partial charge is 0.508 e. The molecule has 2 rings (SSSR count). The van der Waals surface area contributed by atoms with Gasteiger partial charge in [-0.2, -0.15) is 0 Å². The van der Waals surface area contributed by atoms with Crippen LogP contribution in [0.3, 0.4) is 0 Å². The number of phenols is 1. The molecule has 4 heteroatoms. The van der Waals surface area contributed by atoms with E-state index in [0.29, 0.717) is 16.8 Å². The van der Waals surface area contributed by atoms with Gasteiger partial charge in [-0.05, 0) is 42.8 Å². The van der Waals surface area contributed by atoms with Crippen molar-refractivity contribution in [1.29, 1.82) is 0 Å². The summed E-state index contributed by atoms with van der Waals surface area (Å²) in [6, 6.07) is 10.2. The first-order valence-electron chi connectivity index (χ1n) is 5.43. The fraction of sp³-hybridized carbons (Fsp3) is 0.0714. The zero-order valence-corrected chi connectivity index (χ0v) is 9.77. The van der Waals surface area contributed by atoms with E-state index in [1.165, 1.54) is 30.3 Å². The van der Waals surface area contributed by atoms with Crippen molar-refractivity contribution in [3.05, 3.63) is 59.4 Å². The van der Waals surface area contributed by atoms with Gasteiger partial charge in [-0.3, -0.25) is 4.79 Å². The zero-order chi connectivity index (χ0) is 13.1. The number of carbonyl (C=O) groups excluding carboxylic acids is 1. The van der Waals surface area contributed by atoms with Gasteiger partial charge in [-0.15, -0.1) is 0 Å². The first kappa shape index (κ1) is 12.1. The standard InChI is InChI=1S/C14H12FNO2/c1-9-7-10(15)5-6-13(9)14(18)16-11-3-2-4-12(17)8-11/h2-8,17H,1H3,(H,16,18). The smallest absolute Gasteiger partial charge is 0.255 e. The zero-order valence-electron chi connectivity index (χ0n) is 9.77. The van der Waals surface area contributed by atoms with E-state index in [1.54, 1.807) is 19.1 Å². The Morgan fingerprint density at radius 2 is 2.00 bits per heavy atom. The van der Waals surface area contributed by atoms with Crippen molar-refractivity contribution in [2.75, 3.05) is 5.32 Å². The van der Waals surface area contributed by atoms with Gasteiger partial charge in [0.2, 0.25) is 0 Å². The average Bonchev–Trinajstić information content (AvgIpc) is 2.28. The maximum absolute atomic E-state index is 12.9. The Morgan fingerprint density at radius 1 is 1.22 bits per heavy atom. The lowest BCUT2D eigenvalue weighted by Gasteiger charge is -2.08. The molecule has 0 heterocycles. The highest BCUT2D eigenvalue weighted by atomic mass is 19.1. The Bertz CT molecular complexity index is 596. The van der Waals surface area contributed by atoms with Crippen LogP contribution in [0, 0.1) is 12.7 Å². The number of halogens is 1. The molecule has 0 aromatic heterocycles. The molecule has 0 aliphatic rings. The maximum atomic E-state index is 12.9. The summed E-state index contributed by atoms with van der Waals surface area (Å²) in [6.07, 6.45) is 0. The van der Waals surface area contributed by atoms with Gasteiger partial charge in [0.05, 0.1) is 0 Å². The number of aryl methyl sites for hydroxylation is 1. The van der Waals surface area contributed by atoms with Gasteiger partial charge in [0.25, 0.3) is 5.91 Å². The van der Waals surface area contributed by atoms with Gasteiger partial charge < -0.3 is 10.4 Å². The van der Waals surface area contributed by atoms with Crippen LogP contribution in [0.1, 0.15) is 15.9 Å². The van der Waals surface area contributed by atoms with E-state index in [1.807, 2.05) is 0 Å². The van der Waals surface area contributed by atoms with E-state index in [0.717, 1.165) is 0 Å². The van der Waals surface area contributed by atoms with Crippen LogP contribution in [0.4, 0.5) is 10.1 Å². The van der Waals surface area contributed by atoms with Crippen molar-refractivity contribution in [1.82, 2.24) is 0 Å². The maximum Gasteiger partial charge on any atom is 0.255 e. The number of hydrogen-bond acceptors (Lipinski definition) is 2. The van der Waals surface area contributed by atoms with Gasteiger partial charge in [-0.25, -0.2) is 4.39 Å². The molecule has 2 aromatic carbocycles. The molecule has 0 aliphatic heterocycles. The Morgan fingerprint density at radius 3 is 2.67 bits per heavy atom. The molecule has 2 aromatic rings. The predicted molar refractivity (Wildman–Crippen MR) is 67.2 cm³/mol. The lowest BCUT2D eigenvalue weighted by atomic mass is 10.1. The van der Waals surface area contributed by atoms with Gasteiger partial charge in [0.15, 0.2) is 0 Å². The number of anilines is 1. The van der Waals surface area contributed by atoms with E-state index in [4.69, 9.17) is 0 Å². The molecule has 0 unspecified atom stereocenters. The summed E-state index contributed by atoms with van der Waals surface area (Å²) >= 11 is 0. The minimum Gasteiger partial charge on any atom is -0.508 e. The van der Waals surface area contributed by atoms with Gasteiger partial charge in [0.1, 0.15) is 11.6 Å². The fourth-order valence-electron chi connectivity index (χ4n) is 1.66. The summed E-state index contributed by atoms with van der Waals surface area (Å²) < 4.78 is 12.9. The first-order chi connectivity index (χ1) is 8.56. The third-order valence-corrected chi connectivity index (χ3v) is 2.54. The number of nitrogens with one attached hydrogen (secondary N) is 1. The Kier molecular flexibility index (Phi) is 3.28. The predicted octanol–water partition coefficient (Wildman–Crippen LogP) is 3.09. The third kappa shape index (κ3) is 2.66. The van der Waals surface area contributed by atoms with Crippen molar-refractivity contribution in [3.8, 4) is 5.75 Å². The van der Waals surface area contributed by atoms with Gasteiger partial charge >= 0.3 is 0 Å². The van der Waals surface area contributed by atoms with Crippen LogP contribution in [0.25, 0.3) is 0 Å². The minimum absolute atomic E-state index is 0.0728. The van der Waals surface area contributed by atoms with Crippen molar-refractivity contribution in [2.45, 2.75) is 6.92 Å². The molecular formula is C14H12FNO2. The highest BCUT2D eigenvalue weighted by molar-refractivity contribution is 6.05. The molecule has 0 bridgehead atoms. The van der Waals surface area contributed by atoms with Crippen LogP contribution in [0.15, 0.2) is 42.5 Å². The molecule has 18 heavy (non-hydrogen) atoms. The van der Waals surface area contributed by atoms with E-state index in [9.17, 15) is 14.3 Å². The van der Waals surface area contributed by atoms with E-state index >= 15 is 0 Å². The second kappa shape index (κ2) is 4.87. The second-order valence-electron chi connectivity index (χ2n) is 3.96. The quantitative estimate of drug-likeness (QED) is 0.854. The van der Waals surface area contributed by atoms with Crippen molar-refractivity contribution in [3.63, 3.8) is 0 Å². The number of carbonyl (C=O) groups is 1. The van der Waals surface area contributed by atoms with Crippen LogP contribution < -0.4 is 5.32 Å². The molecule has 3 nitrogen and oxygen atoms in total. The number of rotatable bonds is 2. The molecule has 0 atom stereocenters. The fourth-order valence-corrected chi connectivity index (χ4v) is 1.66. The summed E-state index contributed by atoms with van der Waals surface area (Å²) in [4.78, 5) is 11.9. The number of amides is 1. The average molecular weight is 245 g/mol. The molecule has 0 fully saturated rings. The summed E-state index contributed by atoms with van der Waals surface area (Å²) in [5.41, 5.74) is 1.45. The second-order valence-corrected chi connectivity index (χ2v) is 3.96. The number of aromatic hydroxyl groups is 1. The van der Waals surface area contributed by atoms with E-state index in [2.05, 4.69) is 5.32 Å². The van der Waals surface area contributed by atoms with Crippen LogP contribution in [0.5, 0.6) is 5.75 Å². The minimum atomic E-state index is -0.374. The molecule has 92 valence electrons. The molecule has 0 aliphatic carbocycles. The molecule has 0 saturated carbocycles. The van der Waals surface area contributed by atoms with E-state index < -0.39 is 0 Å². The summed E-state index contributed by atoms with van der Waals surface area (Å²) in [5, 5.41) is 11.9. The molecule has 2 N–H and O–H groups in total. The topological polar surface area (TPSA) is 49.3 Å². The Labute approximate surface area is 104 Å². The first-order valence-corrected chi connectivity index (χ1v) is 5.43. The molecule has 0 radical (unpaired) electrons. The van der Waals surface area contributed by atoms with Gasteiger partial charge in [0, 0.05) is 17.3 Å². The van der Waals surface area contributed by atoms with Crippen LogP contribution in [-0.4, -0.2) is 11.0 Å². The highest BCUT2D eigenvalue weighted by Gasteiger charge is 2.10. The third-order valence-electron chi connectivity index (χ3n) is 2.54. The lowest BCUT2D eigenvalue weighted by molar-refractivity contribution is 0.102. The SMILES string of the molecule is Cc1cc(F)ccc1C(=O)Nc1cccc(O)c1. The summed E-state index contributed by atoms with van der Waals surface area (Å²) in [7, 11) is 0. The molecule has 1 amide bonds. The summed E-state index contributed by atoms with van der Waals surface area (Å²) in [6.45, 7) is 1.67. The highest BCUT2D eigenvalue weighted by Crippen LogP contribution is 2.17. The van der Waals surface area contributed by atoms with Crippen LogP contribution in [0.2, 0.25) is 0 Å². The number of phenolic OH excluding ortho intramolecular Hbond substituents is 1. The van der Waals surface area contributed by atoms with Crippen molar-refractivity contribution < 1.29 is 14.3 Å². The number of benzene rings is 2. The Balaban J connectivity index is 2.22. The van der Waals surface area contributed by atoms with Crippen LogP contribution in [-0.2, 0) is 0 Å². The molecule has 0 spiro atoms.